The fraction of sp³-hybridized carbons (Fsp3) is 0.194. The lowest BCUT2D eigenvalue weighted by Crippen LogP contribution is -2.41. The van der Waals surface area contributed by atoms with Crippen LogP contribution in [0.15, 0.2) is 182 Å². The quantitative estimate of drug-likeness (QED) is 0.164. The summed E-state index contributed by atoms with van der Waals surface area (Å²) in [6.45, 7) is 16.2. The molecule has 0 spiro atoms. The second-order valence-electron chi connectivity index (χ2n) is 21.7. The first kappa shape index (κ1) is 48.5. The van der Waals surface area contributed by atoms with Gasteiger partial charge in [0.1, 0.15) is 0 Å². The third-order valence-corrected chi connectivity index (χ3v) is 16.7. The van der Waals surface area contributed by atoms with E-state index < -0.39 is 14.0 Å². The molecule has 2 aliphatic rings. The molecule has 15 rings (SSSR count). The van der Waals surface area contributed by atoms with E-state index in [1.54, 1.807) is 0 Å². The number of imidazole rings is 2. The highest BCUT2D eigenvalue weighted by Gasteiger charge is 2.63. The van der Waals surface area contributed by atoms with Crippen molar-refractivity contribution in [3.8, 4) is 11.6 Å². The molecule has 0 unspecified atom stereocenters. The third kappa shape index (κ3) is 7.48. The minimum absolute atomic E-state index is 0.360. The van der Waals surface area contributed by atoms with E-state index in [1.165, 1.54) is 38.1 Å². The molecule has 0 N–H and O–H groups in total. The maximum absolute atomic E-state index is 6.73. The van der Waals surface area contributed by atoms with E-state index in [9.17, 15) is 0 Å². The zero-order valence-electron chi connectivity index (χ0n) is 43.5. The minimum Gasteiger partial charge on any atom is -0.405 e. The van der Waals surface area contributed by atoms with Gasteiger partial charge in [-0.1, -0.05) is 145 Å². The van der Waals surface area contributed by atoms with Gasteiger partial charge in [0.05, 0.1) is 87.8 Å². The van der Waals surface area contributed by atoms with Crippen LogP contribution in [0.5, 0.6) is 0 Å². The molecule has 376 valence electrons. The predicted octanol–water partition coefficient (Wildman–Crippen LogP) is 15.9. The van der Waals surface area contributed by atoms with Gasteiger partial charge in [-0.2, -0.15) is 0 Å². The summed E-state index contributed by atoms with van der Waals surface area (Å²) in [4.78, 5) is 10.1. The highest BCUT2D eigenvalue weighted by Crippen LogP contribution is 2.44. The van der Waals surface area contributed by atoms with E-state index in [-0.39, 0.29) is 22.4 Å². The number of aromatic nitrogens is 6. The van der Waals surface area contributed by atoms with Crippen LogP contribution < -0.4 is 0 Å². The van der Waals surface area contributed by atoms with Crippen molar-refractivity contribution in [3.63, 3.8) is 0 Å². The molecule has 13 aromatic rings. The van der Waals surface area contributed by atoms with Crippen LogP contribution in [0.4, 0.5) is 0 Å². The van der Waals surface area contributed by atoms with Gasteiger partial charge in [0.2, 0.25) is 11.7 Å². The topological polar surface area (TPSA) is 81.4 Å². The van der Waals surface area contributed by atoms with Crippen molar-refractivity contribution in [2.24, 2.45) is 0 Å². The number of para-hydroxylation sites is 10. The van der Waals surface area contributed by atoms with E-state index in [1.807, 2.05) is 122 Å². The molecule has 8 aromatic carbocycles. The Labute approximate surface area is 450 Å². The Hall–Kier alpha value is -7.15. The normalized spacial score (nSPS) is 16.7. The van der Waals surface area contributed by atoms with Gasteiger partial charge >= 0.3 is 14.0 Å². The van der Waals surface area contributed by atoms with Crippen LogP contribution in [0.2, 0.25) is 10.0 Å². The monoisotopic (exact) mass is 1040 g/mol. The first-order chi connectivity index (χ1) is 36.5. The standard InChI is InChI=1S/C25H15Cl2N3.C25H15N3.C12H24B2O4/c26-18-10-2-5-14-22(18)29-23-15-6-3-12-20(23)28-25(29)30-21-13-4-1-8-16(21)17-9-7-11-19(27)24(17)30;1-4-13-21-16(8-1)18-10-7-11-19-17-9-2-5-14-22(17)28(24(18)19)25-26-20-12-3-6-15-23(20)27(21)25;1-9(2)10(3,4)16-13(15-9)14-17-11(5,6)12(7,8)18-14/h1-15H;1-15H;1-8H3. The summed E-state index contributed by atoms with van der Waals surface area (Å²) in [6, 6.07) is 62.5. The largest absolute Gasteiger partial charge is 0.488 e. The van der Waals surface area contributed by atoms with Gasteiger partial charge in [-0.3, -0.25) is 17.9 Å². The van der Waals surface area contributed by atoms with Crippen LogP contribution in [0.1, 0.15) is 55.4 Å². The van der Waals surface area contributed by atoms with Crippen LogP contribution in [0, 0.1) is 0 Å². The Bertz CT molecular complexity index is 4380. The Balaban J connectivity index is 0.000000113. The number of hydrogen-bond donors (Lipinski definition) is 0. The number of rotatable bonds is 3. The maximum atomic E-state index is 6.73. The summed E-state index contributed by atoms with van der Waals surface area (Å²) in [7, 11) is -0.952. The molecular weight excluding hydrogens is 985 g/mol. The zero-order chi connectivity index (χ0) is 52.5. The summed E-state index contributed by atoms with van der Waals surface area (Å²) < 4.78 is 32.7. The average Bonchev–Trinajstić information content (AvgIpc) is 4.40. The molecule has 0 amide bonds. The molecule has 2 fully saturated rings. The van der Waals surface area contributed by atoms with Crippen molar-refractivity contribution in [2.75, 3.05) is 0 Å². The van der Waals surface area contributed by atoms with Crippen molar-refractivity contribution in [2.45, 2.75) is 77.8 Å². The van der Waals surface area contributed by atoms with E-state index in [2.05, 4.69) is 133 Å². The molecule has 10 nitrogen and oxygen atoms in total. The van der Waals surface area contributed by atoms with E-state index in [0.717, 1.165) is 61.3 Å². The molecule has 76 heavy (non-hydrogen) atoms. The van der Waals surface area contributed by atoms with E-state index >= 15 is 0 Å². The van der Waals surface area contributed by atoms with Crippen LogP contribution >= 0.6 is 23.2 Å². The summed E-state index contributed by atoms with van der Waals surface area (Å²) in [5.41, 5.74) is 9.02. The molecule has 2 saturated heterocycles. The molecule has 0 bridgehead atoms. The maximum Gasteiger partial charge on any atom is 0.488 e. The van der Waals surface area contributed by atoms with E-state index in [0.29, 0.717) is 10.0 Å². The molecule has 0 atom stereocenters. The Morgan fingerprint density at radius 2 is 0.750 bits per heavy atom. The molecular formula is C62H54B2Cl2N6O4. The average molecular weight is 1040 g/mol. The van der Waals surface area contributed by atoms with Gasteiger partial charge in [-0.25, -0.2) is 9.97 Å². The Morgan fingerprint density at radius 3 is 1.32 bits per heavy atom. The van der Waals surface area contributed by atoms with E-state index in [4.69, 9.17) is 51.8 Å². The second-order valence-corrected chi connectivity index (χ2v) is 22.5. The molecule has 14 heteroatoms. The number of benzene rings is 8. The summed E-state index contributed by atoms with van der Waals surface area (Å²) in [6.07, 6.45) is 0. The van der Waals surface area contributed by atoms with Gasteiger partial charge in [0.15, 0.2) is 0 Å². The van der Waals surface area contributed by atoms with Crippen LogP contribution in [0.3, 0.4) is 0 Å². The highest BCUT2D eigenvalue weighted by molar-refractivity contribution is 7.11. The fourth-order valence-corrected chi connectivity index (χ4v) is 11.4. The smallest absolute Gasteiger partial charge is 0.405 e. The predicted molar refractivity (Wildman–Crippen MR) is 314 cm³/mol. The molecule has 0 radical (unpaired) electrons. The zero-order valence-corrected chi connectivity index (χ0v) is 45.1. The lowest BCUT2D eigenvalue weighted by atomic mass is 9.49. The number of fused-ring (bicyclic) bond motifs is 14. The number of halogens is 2. The van der Waals surface area contributed by atoms with Gasteiger partial charge in [0, 0.05) is 32.3 Å². The lowest BCUT2D eigenvalue weighted by molar-refractivity contribution is 0.00578. The van der Waals surface area contributed by atoms with Gasteiger partial charge in [-0.05, 0) is 116 Å². The Morgan fingerprint density at radius 1 is 0.355 bits per heavy atom. The van der Waals surface area contributed by atoms with Crippen molar-refractivity contribution < 1.29 is 18.6 Å². The summed E-state index contributed by atoms with van der Waals surface area (Å²) in [5.74, 6) is 1.70. The lowest BCUT2D eigenvalue weighted by Gasteiger charge is -2.32. The number of hydrogen-bond acceptors (Lipinski definition) is 6. The van der Waals surface area contributed by atoms with Crippen LogP contribution in [-0.2, 0) is 18.6 Å². The van der Waals surface area contributed by atoms with Gasteiger partial charge in [0.25, 0.3) is 0 Å². The molecule has 5 aromatic heterocycles. The third-order valence-electron chi connectivity index (χ3n) is 16.1. The van der Waals surface area contributed by atoms with Crippen molar-refractivity contribution in [3.05, 3.63) is 192 Å². The second kappa shape index (κ2) is 17.7. The molecule has 0 aliphatic carbocycles. The Kier molecular flexibility index (Phi) is 11.3. The van der Waals surface area contributed by atoms with Crippen molar-refractivity contribution in [1.29, 1.82) is 0 Å². The molecule has 0 saturated carbocycles. The SMILES string of the molecule is CC1(C)OB(B2OC(C)(C)C(C)(C)O2)OC1(C)C.Clc1ccccc1-n1c(-n2c3ccccc3c3cccc(Cl)c32)nc2ccccc21.c1ccc2c(c1)nc1n2c2ccccc2c2cccc3c4ccccc4n1c23. The number of nitrogens with zero attached hydrogens (tertiary/aromatic N) is 6. The highest BCUT2D eigenvalue weighted by atomic mass is 35.5. The minimum atomic E-state index is -0.476. The van der Waals surface area contributed by atoms with Crippen molar-refractivity contribution >= 4 is 125 Å². The molecule has 2 aliphatic heterocycles. The summed E-state index contributed by atoms with van der Waals surface area (Å²) in [5, 5.41) is 8.58. The first-order valence-electron chi connectivity index (χ1n) is 25.8. The van der Waals surface area contributed by atoms with Crippen LogP contribution in [-0.4, -0.2) is 64.3 Å². The van der Waals surface area contributed by atoms with Crippen molar-refractivity contribution in [1.82, 2.24) is 27.9 Å². The fourth-order valence-electron chi connectivity index (χ4n) is 11.0. The first-order valence-corrected chi connectivity index (χ1v) is 26.5. The van der Waals surface area contributed by atoms with Gasteiger partial charge < -0.3 is 18.6 Å². The summed E-state index contributed by atoms with van der Waals surface area (Å²) >= 11 is 13.4. The molecule has 7 heterocycles. The van der Waals surface area contributed by atoms with Gasteiger partial charge in [-0.15, -0.1) is 0 Å². The van der Waals surface area contributed by atoms with Crippen LogP contribution in [0.25, 0.3) is 99.4 Å².